The third-order valence-electron chi connectivity index (χ3n) is 4.84. The number of thiazole rings is 1. The number of carbonyl (C=O) groups is 1. The minimum atomic E-state index is -0.284. The van der Waals surface area contributed by atoms with Crippen LogP contribution in [0.15, 0.2) is 42.5 Å². The Morgan fingerprint density at radius 3 is 2.61 bits per heavy atom. The fourth-order valence-electron chi connectivity index (χ4n) is 3.35. The smallest absolute Gasteiger partial charge is 0.227 e. The van der Waals surface area contributed by atoms with Crippen molar-refractivity contribution in [3.63, 3.8) is 0 Å². The number of halogens is 1. The number of hydrogen-bond donors (Lipinski definition) is 0. The molecule has 0 spiro atoms. The summed E-state index contributed by atoms with van der Waals surface area (Å²) < 4.78 is 19.8. The number of hydrogen-bond acceptors (Lipinski definition) is 5. The SMILES string of the molecule is CCOc1cccc2sc(N3CCN(C(=O)Cc4ccc(F)cc4)CC3)nc12. The van der Waals surface area contributed by atoms with Crippen molar-refractivity contribution in [1.82, 2.24) is 9.88 Å². The molecule has 1 aliphatic rings. The number of piperazine rings is 1. The third kappa shape index (κ3) is 3.94. The quantitative estimate of drug-likeness (QED) is 0.656. The molecule has 2 heterocycles. The Bertz CT molecular complexity index is 965. The second kappa shape index (κ2) is 8.14. The Morgan fingerprint density at radius 1 is 1.14 bits per heavy atom. The summed E-state index contributed by atoms with van der Waals surface area (Å²) in [7, 11) is 0. The van der Waals surface area contributed by atoms with Crippen LogP contribution in [0, 0.1) is 5.82 Å². The predicted molar refractivity (Wildman–Crippen MR) is 110 cm³/mol. The molecular weight excluding hydrogens is 377 g/mol. The lowest BCUT2D eigenvalue weighted by atomic mass is 10.1. The number of rotatable bonds is 5. The van der Waals surface area contributed by atoms with Crippen molar-refractivity contribution in [3.05, 3.63) is 53.8 Å². The number of aromatic nitrogens is 1. The second-order valence-corrected chi connectivity index (χ2v) is 7.71. The molecule has 0 saturated carbocycles. The number of amides is 1. The van der Waals surface area contributed by atoms with E-state index in [2.05, 4.69) is 11.0 Å². The van der Waals surface area contributed by atoms with Crippen LogP contribution in [0.4, 0.5) is 9.52 Å². The van der Waals surface area contributed by atoms with E-state index in [1.165, 1.54) is 12.1 Å². The maximum atomic E-state index is 13.0. The fraction of sp³-hybridized carbons (Fsp3) is 0.333. The van der Waals surface area contributed by atoms with E-state index >= 15 is 0 Å². The topological polar surface area (TPSA) is 45.7 Å². The normalized spacial score (nSPS) is 14.5. The van der Waals surface area contributed by atoms with Gasteiger partial charge in [0.05, 0.1) is 17.7 Å². The molecule has 7 heteroatoms. The van der Waals surface area contributed by atoms with E-state index in [-0.39, 0.29) is 11.7 Å². The zero-order valence-corrected chi connectivity index (χ0v) is 16.5. The summed E-state index contributed by atoms with van der Waals surface area (Å²) >= 11 is 1.65. The minimum Gasteiger partial charge on any atom is -0.492 e. The highest BCUT2D eigenvalue weighted by molar-refractivity contribution is 7.22. The van der Waals surface area contributed by atoms with Crippen LogP contribution in [0.5, 0.6) is 5.75 Å². The van der Waals surface area contributed by atoms with E-state index in [0.717, 1.165) is 39.8 Å². The Morgan fingerprint density at radius 2 is 1.89 bits per heavy atom. The molecule has 1 aromatic heterocycles. The van der Waals surface area contributed by atoms with Crippen LogP contribution in [0.2, 0.25) is 0 Å². The van der Waals surface area contributed by atoms with Gasteiger partial charge in [0.1, 0.15) is 17.1 Å². The molecule has 146 valence electrons. The van der Waals surface area contributed by atoms with Gasteiger partial charge in [-0.3, -0.25) is 4.79 Å². The lowest BCUT2D eigenvalue weighted by Gasteiger charge is -2.34. The number of fused-ring (bicyclic) bond motifs is 1. The van der Waals surface area contributed by atoms with E-state index in [9.17, 15) is 9.18 Å². The molecule has 0 N–H and O–H groups in total. The van der Waals surface area contributed by atoms with Crippen LogP contribution in [0.1, 0.15) is 12.5 Å². The van der Waals surface area contributed by atoms with Crippen molar-refractivity contribution in [1.29, 1.82) is 0 Å². The van der Waals surface area contributed by atoms with Crippen LogP contribution in [-0.4, -0.2) is 48.6 Å². The van der Waals surface area contributed by atoms with Crippen LogP contribution in [0.25, 0.3) is 10.2 Å². The van der Waals surface area contributed by atoms with Gasteiger partial charge in [-0.2, -0.15) is 0 Å². The van der Waals surface area contributed by atoms with Crippen LogP contribution >= 0.6 is 11.3 Å². The molecule has 5 nitrogen and oxygen atoms in total. The van der Waals surface area contributed by atoms with Gasteiger partial charge in [-0.25, -0.2) is 9.37 Å². The molecule has 0 aliphatic carbocycles. The van der Waals surface area contributed by atoms with Crippen molar-refractivity contribution >= 4 is 32.6 Å². The molecule has 3 aromatic rings. The molecule has 0 atom stereocenters. The minimum absolute atomic E-state index is 0.0780. The number of anilines is 1. The molecule has 1 fully saturated rings. The summed E-state index contributed by atoms with van der Waals surface area (Å²) in [4.78, 5) is 21.4. The zero-order chi connectivity index (χ0) is 19.5. The van der Waals surface area contributed by atoms with Gasteiger partial charge in [0.2, 0.25) is 5.91 Å². The van der Waals surface area contributed by atoms with E-state index in [4.69, 9.17) is 9.72 Å². The van der Waals surface area contributed by atoms with Crippen molar-refractivity contribution in [3.8, 4) is 5.75 Å². The highest BCUT2D eigenvalue weighted by Gasteiger charge is 2.23. The maximum absolute atomic E-state index is 13.0. The molecule has 1 amide bonds. The average Bonchev–Trinajstić information content (AvgIpc) is 3.15. The molecule has 1 aliphatic heterocycles. The Kier molecular flexibility index (Phi) is 5.43. The average molecular weight is 399 g/mol. The van der Waals surface area contributed by atoms with Gasteiger partial charge in [-0.1, -0.05) is 29.5 Å². The van der Waals surface area contributed by atoms with Crippen molar-refractivity contribution in [2.24, 2.45) is 0 Å². The van der Waals surface area contributed by atoms with E-state index < -0.39 is 0 Å². The van der Waals surface area contributed by atoms with Gasteiger partial charge < -0.3 is 14.5 Å². The first-order valence-corrected chi connectivity index (χ1v) is 10.2. The first-order valence-electron chi connectivity index (χ1n) is 9.43. The summed E-state index contributed by atoms with van der Waals surface area (Å²) in [5.41, 5.74) is 1.74. The summed E-state index contributed by atoms with van der Waals surface area (Å²) in [6.45, 7) is 5.40. The molecule has 2 aromatic carbocycles. The standard InChI is InChI=1S/C21H22FN3O2S/c1-2-27-17-4-3-5-18-20(17)23-21(28-18)25-12-10-24(11-13-25)19(26)14-15-6-8-16(22)9-7-15/h3-9H,2,10-14H2,1H3. The Labute approximate surface area is 167 Å². The lowest BCUT2D eigenvalue weighted by Crippen LogP contribution is -2.49. The van der Waals surface area contributed by atoms with Crippen molar-refractivity contribution < 1.29 is 13.9 Å². The van der Waals surface area contributed by atoms with Crippen LogP contribution < -0.4 is 9.64 Å². The van der Waals surface area contributed by atoms with E-state index in [0.29, 0.717) is 26.1 Å². The van der Waals surface area contributed by atoms with Gasteiger partial charge in [0.25, 0.3) is 0 Å². The highest BCUT2D eigenvalue weighted by atomic mass is 32.1. The van der Waals surface area contributed by atoms with Gasteiger partial charge in [0.15, 0.2) is 5.13 Å². The first-order chi connectivity index (χ1) is 13.6. The molecule has 0 bridgehead atoms. The van der Waals surface area contributed by atoms with Gasteiger partial charge in [-0.15, -0.1) is 0 Å². The summed E-state index contributed by atoms with van der Waals surface area (Å²) in [6.07, 6.45) is 0.305. The number of nitrogens with zero attached hydrogens (tertiary/aromatic N) is 3. The predicted octanol–water partition coefficient (Wildman–Crippen LogP) is 3.73. The Hall–Kier alpha value is -2.67. The maximum Gasteiger partial charge on any atom is 0.227 e. The van der Waals surface area contributed by atoms with Gasteiger partial charge in [-0.05, 0) is 36.8 Å². The number of benzene rings is 2. The molecule has 1 saturated heterocycles. The second-order valence-electron chi connectivity index (χ2n) is 6.70. The van der Waals surface area contributed by atoms with E-state index in [1.54, 1.807) is 23.5 Å². The summed E-state index contributed by atoms with van der Waals surface area (Å²) in [5.74, 6) is 0.609. The lowest BCUT2D eigenvalue weighted by molar-refractivity contribution is -0.130. The highest BCUT2D eigenvalue weighted by Crippen LogP contribution is 2.34. The summed E-state index contributed by atoms with van der Waals surface area (Å²) in [5, 5.41) is 0.966. The molecular formula is C21H22FN3O2S. The number of para-hydroxylation sites is 1. The molecule has 0 radical (unpaired) electrons. The van der Waals surface area contributed by atoms with Crippen LogP contribution in [0.3, 0.4) is 0 Å². The van der Waals surface area contributed by atoms with E-state index in [1.807, 2.05) is 24.0 Å². The molecule has 0 unspecified atom stereocenters. The largest absolute Gasteiger partial charge is 0.492 e. The first kappa shape index (κ1) is 18.7. The molecule has 28 heavy (non-hydrogen) atoms. The fourth-order valence-corrected chi connectivity index (χ4v) is 4.39. The number of carbonyl (C=O) groups excluding carboxylic acids is 1. The zero-order valence-electron chi connectivity index (χ0n) is 15.7. The third-order valence-corrected chi connectivity index (χ3v) is 5.92. The van der Waals surface area contributed by atoms with Crippen LogP contribution in [-0.2, 0) is 11.2 Å². The van der Waals surface area contributed by atoms with Gasteiger partial charge >= 0.3 is 0 Å². The summed E-state index contributed by atoms with van der Waals surface area (Å²) in [6, 6.07) is 12.1. The van der Waals surface area contributed by atoms with Gasteiger partial charge in [0, 0.05) is 26.2 Å². The molecule has 4 rings (SSSR count). The monoisotopic (exact) mass is 399 g/mol. The number of ether oxygens (including phenoxy) is 1. The van der Waals surface area contributed by atoms with Crippen molar-refractivity contribution in [2.75, 3.05) is 37.7 Å². The Balaban J connectivity index is 1.40. The van der Waals surface area contributed by atoms with Crippen molar-refractivity contribution in [2.45, 2.75) is 13.3 Å².